The van der Waals surface area contributed by atoms with E-state index in [0.717, 1.165) is 0 Å². The molecule has 0 bridgehead atoms. The monoisotopic (exact) mass is 357 g/mol. The van der Waals surface area contributed by atoms with E-state index in [1.807, 2.05) is 5.43 Å². The first-order valence-electron chi connectivity index (χ1n) is 7.98. The molecular weight excluding hydrogens is 326 g/mol. The Balaban J connectivity index is 0. The molecule has 0 spiro atoms. The highest BCUT2D eigenvalue weighted by Gasteiger charge is 2.13. The Bertz CT molecular complexity index is 454. The number of hydrogen-bond donors (Lipinski definition) is 5. The van der Waals surface area contributed by atoms with Crippen LogP contribution in [-0.4, -0.2) is 49.6 Å². The summed E-state index contributed by atoms with van der Waals surface area (Å²) in [4.78, 5) is 43.4. The number of hydrogen-bond acceptors (Lipinski definition) is 7. The molecule has 0 fully saturated rings. The zero-order valence-corrected chi connectivity index (χ0v) is 15.5. The average Bonchev–Trinajstić information content (AvgIpc) is 2.56. The van der Waals surface area contributed by atoms with Gasteiger partial charge in [-0.25, -0.2) is 5.84 Å². The Hall–Kier alpha value is -2.10. The van der Waals surface area contributed by atoms with Crippen LogP contribution in [0.3, 0.4) is 0 Å². The van der Waals surface area contributed by atoms with Gasteiger partial charge in [0, 0.05) is 12.8 Å². The number of ketones is 2. The molecule has 144 valence electrons. The maximum Gasteiger partial charge on any atom is 0.233 e. The van der Waals surface area contributed by atoms with Crippen molar-refractivity contribution >= 4 is 23.4 Å². The van der Waals surface area contributed by atoms with Gasteiger partial charge >= 0.3 is 0 Å². The number of nitrogens with two attached hydrogens (primary N) is 1. The molecule has 2 atom stereocenters. The number of likely N-dealkylation sites (N-methyl/N-ethyl adjacent to an activating group) is 2. The third-order valence-electron chi connectivity index (χ3n) is 3.42. The summed E-state index contributed by atoms with van der Waals surface area (Å²) in [6.07, 6.45) is 2.93. The summed E-state index contributed by atoms with van der Waals surface area (Å²) in [5.41, 5.74) is 2.01. The maximum absolute atomic E-state index is 11.0. The van der Waals surface area contributed by atoms with E-state index in [1.165, 1.54) is 20.0 Å². The van der Waals surface area contributed by atoms with E-state index in [2.05, 4.69) is 22.5 Å². The summed E-state index contributed by atoms with van der Waals surface area (Å²) in [7, 11) is 3.39. The second-order valence-corrected chi connectivity index (χ2v) is 5.32. The van der Waals surface area contributed by atoms with Gasteiger partial charge in [-0.15, -0.1) is 0 Å². The summed E-state index contributed by atoms with van der Waals surface area (Å²) >= 11 is 0. The Morgan fingerprint density at radius 3 is 1.60 bits per heavy atom. The minimum absolute atomic E-state index is 0.0299. The minimum Gasteiger partial charge on any atom is -0.333 e. The van der Waals surface area contributed by atoms with E-state index < -0.39 is 0 Å². The zero-order chi connectivity index (χ0) is 19.8. The highest BCUT2D eigenvalue weighted by atomic mass is 16.2. The fourth-order valence-electron chi connectivity index (χ4n) is 1.91. The molecule has 2 amide bonds. The van der Waals surface area contributed by atoms with Crippen LogP contribution >= 0.6 is 0 Å². The van der Waals surface area contributed by atoms with E-state index in [0.29, 0.717) is 19.3 Å². The van der Waals surface area contributed by atoms with E-state index in [4.69, 9.17) is 5.84 Å². The topological polar surface area (TPSA) is 142 Å². The van der Waals surface area contributed by atoms with Gasteiger partial charge in [-0.3, -0.25) is 24.6 Å². The molecule has 0 aromatic carbocycles. The molecule has 0 aliphatic carbocycles. The first-order chi connectivity index (χ1) is 11.7. The average molecular weight is 357 g/mol. The van der Waals surface area contributed by atoms with Crippen LogP contribution in [0.15, 0.2) is 12.8 Å². The third-order valence-corrected chi connectivity index (χ3v) is 3.42. The summed E-state index contributed by atoms with van der Waals surface area (Å²) in [5, 5.41) is 8.10. The van der Waals surface area contributed by atoms with E-state index in [-0.39, 0.29) is 41.9 Å². The molecule has 9 nitrogen and oxygen atoms in total. The van der Waals surface area contributed by atoms with E-state index in [9.17, 15) is 19.2 Å². The molecule has 25 heavy (non-hydrogen) atoms. The highest BCUT2D eigenvalue weighted by Crippen LogP contribution is 1.98. The van der Waals surface area contributed by atoms with Gasteiger partial charge in [-0.05, 0) is 47.0 Å². The molecule has 0 saturated heterocycles. The van der Waals surface area contributed by atoms with Crippen molar-refractivity contribution in [2.75, 3.05) is 14.1 Å². The van der Waals surface area contributed by atoms with Crippen LogP contribution in [0, 0.1) is 0 Å². The van der Waals surface area contributed by atoms with Gasteiger partial charge in [0.25, 0.3) is 0 Å². The number of rotatable bonds is 11. The van der Waals surface area contributed by atoms with Crippen LogP contribution in [-0.2, 0) is 19.2 Å². The lowest BCUT2D eigenvalue weighted by Crippen LogP contribution is -2.35. The van der Waals surface area contributed by atoms with Gasteiger partial charge in [0.05, 0.1) is 12.1 Å². The first kappa shape index (κ1) is 25.1. The number of amides is 2. The SMILES string of the molecule is C=CNC(=O)CCC(NC)C(C)=O.CNC(CCC(=O)NN)C(C)=O. The maximum atomic E-state index is 11.0. The molecule has 0 aliphatic heterocycles. The predicted molar refractivity (Wildman–Crippen MR) is 96.2 cm³/mol. The van der Waals surface area contributed by atoms with Crippen molar-refractivity contribution in [2.24, 2.45) is 5.84 Å². The molecule has 0 heterocycles. The Morgan fingerprint density at radius 1 is 0.920 bits per heavy atom. The van der Waals surface area contributed by atoms with Crippen molar-refractivity contribution in [3.8, 4) is 0 Å². The second-order valence-electron chi connectivity index (χ2n) is 5.32. The van der Waals surface area contributed by atoms with Crippen LogP contribution in [0.1, 0.15) is 39.5 Å². The fraction of sp³-hybridized carbons (Fsp3) is 0.625. The molecule has 0 aliphatic rings. The number of hydrazine groups is 1. The molecule has 0 rings (SSSR count). The lowest BCUT2D eigenvalue weighted by atomic mass is 10.1. The first-order valence-corrected chi connectivity index (χ1v) is 7.98. The van der Waals surface area contributed by atoms with Crippen LogP contribution in [0.4, 0.5) is 0 Å². The van der Waals surface area contributed by atoms with Gasteiger partial charge in [0.1, 0.15) is 11.6 Å². The van der Waals surface area contributed by atoms with Crippen molar-refractivity contribution < 1.29 is 19.2 Å². The summed E-state index contributed by atoms with van der Waals surface area (Å²) < 4.78 is 0. The Kier molecular flexibility index (Phi) is 15.5. The van der Waals surface area contributed by atoms with Gasteiger partial charge in [0.15, 0.2) is 0 Å². The lowest BCUT2D eigenvalue weighted by molar-refractivity contribution is -0.123. The van der Waals surface area contributed by atoms with E-state index in [1.54, 1.807) is 14.1 Å². The standard InChI is InChI=1S/C9H16N2O2.C7H15N3O2/c1-4-11-9(13)6-5-8(10-3)7(2)12;1-5(11)6(9-2)3-4-7(12)10-8/h4,8,10H,1,5-6H2,2-3H3,(H,11,13);6,9H,3-4,8H2,1-2H3,(H,10,12). The Labute approximate surface area is 149 Å². The second kappa shape index (κ2) is 15.4. The highest BCUT2D eigenvalue weighted by molar-refractivity contribution is 5.83. The quantitative estimate of drug-likeness (QED) is 0.184. The number of Topliss-reactive ketones (excluding diaryl/α,β-unsaturated/α-hetero) is 2. The van der Waals surface area contributed by atoms with Crippen LogP contribution in [0.25, 0.3) is 0 Å². The summed E-state index contributed by atoms with van der Waals surface area (Å²) in [5.74, 6) is 4.58. The van der Waals surface area contributed by atoms with Crippen molar-refractivity contribution in [3.05, 3.63) is 12.8 Å². The predicted octanol–water partition coefficient (Wildman–Crippen LogP) is -0.863. The number of carbonyl (C=O) groups is 4. The molecule has 0 saturated carbocycles. The normalized spacial score (nSPS) is 12.0. The Morgan fingerprint density at radius 2 is 1.32 bits per heavy atom. The van der Waals surface area contributed by atoms with Gasteiger partial charge < -0.3 is 16.0 Å². The van der Waals surface area contributed by atoms with Crippen molar-refractivity contribution in [1.82, 2.24) is 21.4 Å². The lowest BCUT2D eigenvalue weighted by Gasteiger charge is -2.11. The zero-order valence-electron chi connectivity index (χ0n) is 15.5. The van der Waals surface area contributed by atoms with Crippen LogP contribution < -0.4 is 27.2 Å². The third kappa shape index (κ3) is 14.0. The van der Waals surface area contributed by atoms with Crippen molar-refractivity contribution in [3.63, 3.8) is 0 Å². The van der Waals surface area contributed by atoms with Gasteiger partial charge in [-0.2, -0.15) is 0 Å². The molecule has 6 N–H and O–H groups in total. The molecule has 2 unspecified atom stereocenters. The summed E-state index contributed by atoms with van der Waals surface area (Å²) in [6.45, 7) is 6.36. The largest absolute Gasteiger partial charge is 0.333 e. The van der Waals surface area contributed by atoms with E-state index >= 15 is 0 Å². The smallest absolute Gasteiger partial charge is 0.233 e. The van der Waals surface area contributed by atoms with Crippen molar-refractivity contribution in [2.45, 2.75) is 51.6 Å². The molecule has 0 aromatic heterocycles. The molecular formula is C16H31N5O4. The number of nitrogens with one attached hydrogen (secondary N) is 4. The molecule has 0 radical (unpaired) electrons. The van der Waals surface area contributed by atoms with Crippen LogP contribution in [0.2, 0.25) is 0 Å². The molecule has 9 heteroatoms. The number of carbonyl (C=O) groups excluding carboxylic acids is 4. The summed E-state index contributed by atoms with van der Waals surface area (Å²) in [6, 6.07) is -0.474. The van der Waals surface area contributed by atoms with Gasteiger partial charge in [-0.1, -0.05) is 6.58 Å². The molecule has 0 aromatic rings. The minimum atomic E-state index is -0.253. The fourth-order valence-corrected chi connectivity index (χ4v) is 1.91. The van der Waals surface area contributed by atoms with Crippen molar-refractivity contribution in [1.29, 1.82) is 0 Å². The van der Waals surface area contributed by atoms with Gasteiger partial charge in [0.2, 0.25) is 11.8 Å². The van der Waals surface area contributed by atoms with Crippen LogP contribution in [0.5, 0.6) is 0 Å².